The average molecular weight is 403 g/mol. The van der Waals surface area contributed by atoms with Gasteiger partial charge < -0.3 is 4.42 Å². The van der Waals surface area contributed by atoms with E-state index in [4.69, 9.17) is 27.6 Å². The first-order chi connectivity index (χ1) is 13.1. The molecule has 0 spiro atoms. The van der Waals surface area contributed by atoms with E-state index in [9.17, 15) is 4.79 Å². The number of benzene rings is 2. The summed E-state index contributed by atoms with van der Waals surface area (Å²) >= 11 is 12.3. The summed E-state index contributed by atoms with van der Waals surface area (Å²) in [6.07, 6.45) is 1.60. The van der Waals surface area contributed by atoms with Crippen LogP contribution in [0.4, 0.5) is 0 Å². The summed E-state index contributed by atoms with van der Waals surface area (Å²) in [4.78, 5) is 17.3. The fourth-order valence-electron chi connectivity index (χ4n) is 3.46. The van der Waals surface area contributed by atoms with E-state index in [-0.39, 0.29) is 5.43 Å². The number of hydrogen-bond donors (Lipinski definition) is 0. The third-order valence-electron chi connectivity index (χ3n) is 5.02. The highest BCUT2D eigenvalue weighted by Crippen LogP contribution is 2.23. The summed E-state index contributed by atoms with van der Waals surface area (Å²) in [7, 11) is 0. The predicted octanol–water partition coefficient (Wildman–Crippen LogP) is 4.42. The molecule has 0 aliphatic carbocycles. The van der Waals surface area contributed by atoms with Gasteiger partial charge in [-0.1, -0.05) is 41.4 Å². The standard InChI is InChI=1S/C21H20Cl2N2O2/c22-17-6-5-15(19(23)11-17)12-24-7-9-25(10-8-24)13-16-14-27-20-4-2-1-3-18(20)21(16)26/h1-6,11,14H,7-10,12-13H2. The monoisotopic (exact) mass is 402 g/mol. The molecule has 27 heavy (non-hydrogen) atoms. The molecule has 2 heterocycles. The van der Waals surface area contributed by atoms with E-state index >= 15 is 0 Å². The predicted molar refractivity (Wildman–Crippen MR) is 110 cm³/mol. The molecule has 2 aromatic carbocycles. The number of piperazine rings is 1. The highest BCUT2D eigenvalue weighted by atomic mass is 35.5. The molecule has 0 bridgehead atoms. The second-order valence-corrected chi connectivity index (χ2v) is 7.72. The van der Waals surface area contributed by atoms with Gasteiger partial charge in [0.2, 0.25) is 0 Å². The summed E-state index contributed by atoms with van der Waals surface area (Å²) in [5, 5.41) is 2.01. The van der Waals surface area contributed by atoms with Gasteiger partial charge in [-0.15, -0.1) is 0 Å². The van der Waals surface area contributed by atoms with Crippen LogP contribution in [0.3, 0.4) is 0 Å². The van der Waals surface area contributed by atoms with Crippen molar-refractivity contribution in [2.45, 2.75) is 13.1 Å². The molecule has 0 atom stereocenters. The van der Waals surface area contributed by atoms with Gasteiger partial charge in [-0.25, -0.2) is 0 Å². The van der Waals surface area contributed by atoms with Crippen LogP contribution in [0.2, 0.25) is 10.0 Å². The number of para-hydroxylation sites is 1. The van der Waals surface area contributed by atoms with E-state index in [1.54, 1.807) is 12.3 Å². The lowest BCUT2D eigenvalue weighted by Gasteiger charge is -2.34. The molecule has 4 rings (SSSR count). The van der Waals surface area contributed by atoms with E-state index in [0.717, 1.165) is 38.3 Å². The van der Waals surface area contributed by atoms with Gasteiger partial charge in [0, 0.05) is 54.9 Å². The maximum Gasteiger partial charge on any atom is 0.197 e. The van der Waals surface area contributed by atoms with Crippen LogP contribution in [0, 0.1) is 0 Å². The Labute approximate surface area is 167 Å². The molecule has 0 unspecified atom stereocenters. The molecule has 3 aromatic rings. The number of fused-ring (bicyclic) bond motifs is 1. The number of rotatable bonds is 4. The Balaban J connectivity index is 1.38. The van der Waals surface area contributed by atoms with Crippen molar-refractivity contribution in [2.24, 2.45) is 0 Å². The van der Waals surface area contributed by atoms with Crippen molar-refractivity contribution in [3.8, 4) is 0 Å². The fraction of sp³-hybridized carbons (Fsp3) is 0.286. The van der Waals surface area contributed by atoms with Crippen LogP contribution in [0.15, 0.2) is 57.9 Å². The molecular formula is C21H20Cl2N2O2. The molecule has 1 aromatic heterocycles. The zero-order valence-corrected chi connectivity index (χ0v) is 16.3. The zero-order chi connectivity index (χ0) is 18.8. The minimum absolute atomic E-state index is 0.0622. The Morgan fingerprint density at radius 2 is 1.56 bits per heavy atom. The Hall–Kier alpha value is -1.85. The third-order valence-corrected chi connectivity index (χ3v) is 5.61. The van der Waals surface area contributed by atoms with Gasteiger partial charge in [-0.05, 0) is 29.8 Å². The third kappa shape index (κ3) is 4.19. The van der Waals surface area contributed by atoms with Crippen LogP contribution >= 0.6 is 23.2 Å². The lowest BCUT2D eigenvalue weighted by molar-refractivity contribution is 0.121. The van der Waals surface area contributed by atoms with Gasteiger partial charge in [0.15, 0.2) is 5.43 Å². The highest BCUT2D eigenvalue weighted by molar-refractivity contribution is 6.35. The van der Waals surface area contributed by atoms with E-state index < -0.39 is 0 Å². The van der Waals surface area contributed by atoms with Crippen molar-refractivity contribution in [1.29, 1.82) is 0 Å². The second-order valence-electron chi connectivity index (χ2n) is 6.87. The largest absolute Gasteiger partial charge is 0.464 e. The molecule has 4 nitrogen and oxygen atoms in total. The molecule has 140 valence electrons. The topological polar surface area (TPSA) is 36.7 Å². The van der Waals surface area contributed by atoms with Crippen molar-refractivity contribution in [3.05, 3.63) is 80.1 Å². The summed E-state index contributed by atoms with van der Waals surface area (Å²) < 4.78 is 5.63. The molecule has 0 amide bonds. The maximum absolute atomic E-state index is 12.7. The lowest BCUT2D eigenvalue weighted by atomic mass is 10.1. The SMILES string of the molecule is O=c1c(CN2CCN(Cc3ccc(Cl)cc3Cl)CC2)coc2ccccc12. The first-order valence-electron chi connectivity index (χ1n) is 8.98. The maximum atomic E-state index is 12.7. The average Bonchev–Trinajstić information content (AvgIpc) is 2.68. The van der Waals surface area contributed by atoms with Crippen LogP contribution in [0.25, 0.3) is 11.0 Å². The van der Waals surface area contributed by atoms with Crippen LogP contribution in [-0.4, -0.2) is 36.0 Å². The summed E-state index contributed by atoms with van der Waals surface area (Å²) in [5.41, 5.74) is 2.50. The number of hydrogen-bond acceptors (Lipinski definition) is 4. The molecular weight excluding hydrogens is 383 g/mol. The first-order valence-corrected chi connectivity index (χ1v) is 9.74. The normalized spacial score (nSPS) is 16.1. The quantitative estimate of drug-likeness (QED) is 0.647. The minimum atomic E-state index is 0.0622. The lowest BCUT2D eigenvalue weighted by Crippen LogP contribution is -2.45. The van der Waals surface area contributed by atoms with Crippen molar-refractivity contribution >= 4 is 34.2 Å². The van der Waals surface area contributed by atoms with Crippen LogP contribution in [-0.2, 0) is 13.1 Å². The van der Waals surface area contributed by atoms with Crippen LogP contribution in [0.1, 0.15) is 11.1 Å². The molecule has 1 saturated heterocycles. The number of nitrogens with zero attached hydrogens (tertiary/aromatic N) is 2. The van der Waals surface area contributed by atoms with Gasteiger partial charge in [0.05, 0.1) is 11.6 Å². The van der Waals surface area contributed by atoms with Gasteiger partial charge in [0.25, 0.3) is 0 Å². The summed E-state index contributed by atoms with van der Waals surface area (Å²) in [6.45, 7) is 5.08. The Kier molecular flexibility index (Phi) is 5.50. The molecule has 1 aliphatic heterocycles. The van der Waals surface area contributed by atoms with Gasteiger partial charge in [-0.2, -0.15) is 0 Å². The Morgan fingerprint density at radius 1 is 0.889 bits per heavy atom. The van der Waals surface area contributed by atoms with Gasteiger partial charge in [-0.3, -0.25) is 14.6 Å². The van der Waals surface area contributed by atoms with E-state index in [1.807, 2.05) is 36.4 Å². The minimum Gasteiger partial charge on any atom is -0.464 e. The van der Waals surface area contributed by atoms with Crippen molar-refractivity contribution < 1.29 is 4.42 Å². The van der Waals surface area contributed by atoms with E-state index in [0.29, 0.717) is 33.1 Å². The fourth-order valence-corrected chi connectivity index (χ4v) is 3.93. The van der Waals surface area contributed by atoms with Crippen molar-refractivity contribution in [2.75, 3.05) is 26.2 Å². The first kappa shape index (κ1) is 18.5. The van der Waals surface area contributed by atoms with Gasteiger partial charge >= 0.3 is 0 Å². The second kappa shape index (κ2) is 8.03. The van der Waals surface area contributed by atoms with Crippen molar-refractivity contribution in [3.63, 3.8) is 0 Å². The smallest absolute Gasteiger partial charge is 0.197 e. The molecule has 0 radical (unpaired) electrons. The zero-order valence-electron chi connectivity index (χ0n) is 14.8. The number of halogens is 2. The summed E-state index contributed by atoms with van der Waals surface area (Å²) in [5.74, 6) is 0. The molecule has 1 aliphatic rings. The van der Waals surface area contributed by atoms with Crippen molar-refractivity contribution in [1.82, 2.24) is 9.80 Å². The van der Waals surface area contributed by atoms with E-state index in [1.165, 1.54) is 0 Å². The molecule has 1 fully saturated rings. The van der Waals surface area contributed by atoms with Gasteiger partial charge in [0.1, 0.15) is 5.58 Å². The summed E-state index contributed by atoms with van der Waals surface area (Å²) in [6, 6.07) is 13.0. The molecule has 0 saturated carbocycles. The molecule has 0 N–H and O–H groups in total. The molecule has 6 heteroatoms. The van der Waals surface area contributed by atoms with Crippen LogP contribution < -0.4 is 5.43 Å². The van der Waals surface area contributed by atoms with Crippen LogP contribution in [0.5, 0.6) is 0 Å². The Morgan fingerprint density at radius 3 is 2.26 bits per heavy atom. The highest BCUT2D eigenvalue weighted by Gasteiger charge is 2.19. The van der Waals surface area contributed by atoms with E-state index in [2.05, 4.69) is 9.80 Å². The Bertz CT molecular complexity index is 1010.